The predicted molar refractivity (Wildman–Crippen MR) is 93.0 cm³/mol. The molecule has 0 atom stereocenters. The van der Waals surface area contributed by atoms with E-state index in [2.05, 4.69) is 20.9 Å². The molecule has 0 aliphatic rings. The van der Waals surface area contributed by atoms with E-state index in [1.165, 1.54) is 17.0 Å². The van der Waals surface area contributed by atoms with Crippen molar-refractivity contribution >= 4 is 15.9 Å². The molecule has 7 heteroatoms. The Balaban J connectivity index is 1.88. The highest BCUT2D eigenvalue weighted by Gasteiger charge is 2.13. The second-order valence-corrected chi connectivity index (χ2v) is 6.14. The topological polar surface area (TPSA) is 44.1 Å². The maximum absolute atomic E-state index is 13.6. The fourth-order valence-electron chi connectivity index (χ4n) is 2.31. The molecule has 0 aliphatic heterocycles. The first-order chi connectivity index (χ1) is 12.0. The molecule has 2 aromatic carbocycles. The summed E-state index contributed by atoms with van der Waals surface area (Å²) in [6, 6.07) is 10.6. The fourth-order valence-corrected chi connectivity index (χ4v) is 2.72. The summed E-state index contributed by atoms with van der Waals surface area (Å²) in [5.41, 5.74) is 1.44. The van der Waals surface area contributed by atoms with Crippen LogP contribution in [0.4, 0.5) is 8.78 Å². The van der Waals surface area contributed by atoms with E-state index in [0.29, 0.717) is 5.69 Å². The van der Waals surface area contributed by atoms with Crippen LogP contribution in [-0.2, 0) is 6.61 Å². The SMILES string of the molecule is Cc1ccccc1-n1cnc(OCc2ccc(F)cc2F)c(Br)c1=O. The summed E-state index contributed by atoms with van der Waals surface area (Å²) in [5, 5.41) is 0. The van der Waals surface area contributed by atoms with Crippen molar-refractivity contribution < 1.29 is 13.5 Å². The van der Waals surface area contributed by atoms with Gasteiger partial charge in [-0.15, -0.1) is 0 Å². The molecule has 3 rings (SSSR count). The lowest BCUT2D eigenvalue weighted by Crippen LogP contribution is -2.21. The number of para-hydroxylation sites is 1. The van der Waals surface area contributed by atoms with Gasteiger partial charge in [0.1, 0.15) is 29.0 Å². The van der Waals surface area contributed by atoms with E-state index in [1.807, 2.05) is 25.1 Å². The molecule has 3 aromatic rings. The number of nitrogens with zero attached hydrogens (tertiary/aromatic N) is 2. The van der Waals surface area contributed by atoms with E-state index < -0.39 is 11.6 Å². The fraction of sp³-hybridized carbons (Fsp3) is 0.111. The lowest BCUT2D eigenvalue weighted by atomic mass is 10.2. The zero-order valence-corrected chi connectivity index (χ0v) is 14.8. The zero-order chi connectivity index (χ0) is 18.0. The third-order valence-corrected chi connectivity index (χ3v) is 4.32. The Kier molecular flexibility index (Phi) is 4.94. The van der Waals surface area contributed by atoms with Crippen LogP contribution >= 0.6 is 15.9 Å². The summed E-state index contributed by atoms with van der Waals surface area (Å²) in [5.74, 6) is -1.34. The Morgan fingerprint density at radius 3 is 2.68 bits per heavy atom. The van der Waals surface area contributed by atoms with Gasteiger partial charge in [-0.2, -0.15) is 0 Å². The van der Waals surface area contributed by atoms with Gasteiger partial charge >= 0.3 is 0 Å². The van der Waals surface area contributed by atoms with Crippen LogP contribution in [0.3, 0.4) is 0 Å². The third kappa shape index (κ3) is 3.61. The minimum absolute atomic E-state index is 0.0403. The van der Waals surface area contributed by atoms with Crippen molar-refractivity contribution in [3.8, 4) is 11.6 Å². The Morgan fingerprint density at radius 1 is 1.20 bits per heavy atom. The van der Waals surface area contributed by atoms with Crippen molar-refractivity contribution in [2.45, 2.75) is 13.5 Å². The second-order valence-electron chi connectivity index (χ2n) is 5.35. The summed E-state index contributed by atoms with van der Waals surface area (Å²) in [6.45, 7) is 1.71. The van der Waals surface area contributed by atoms with Gasteiger partial charge in [0.05, 0.1) is 5.69 Å². The molecule has 128 valence electrons. The third-order valence-electron chi connectivity index (χ3n) is 3.64. The Morgan fingerprint density at radius 2 is 1.96 bits per heavy atom. The Bertz CT molecular complexity index is 989. The van der Waals surface area contributed by atoms with E-state index in [4.69, 9.17) is 4.74 Å². The molecule has 0 aliphatic carbocycles. The maximum atomic E-state index is 13.6. The molecule has 0 fully saturated rings. The van der Waals surface area contributed by atoms with Gasteiger partial charge in [-0.3, -0.25) is 9.36 Å². The molecule has 25 heavy (non-hydrogen) atoms. The number of benzene rings is 2. The quantitative estimate of drug-likeness (QED) is 0.653. The number of ether oxygens (including phenoxy) is 1. The van der Waals surface area contributed by atoms with E-state index in [9.17, 15) is 13.6 Å². The maximum Gasteiger partial charge on any atom is 0.276 e. The van der Waals surface area contributed by atoms with Crippen molar-refractivity contribution in [1.29, 1.82) is 0 Å². The summed E-state index contributed by atoms with van der Waals surface area (Å²) in [6.07, 6.45) is 1.35. The lowest BCUT2D eigenvalue weighted by molar-refractivity contribution is 0.284. The minimum atomic E-state index is -0.718. The first kappa shape index (κ1) is 17.3. The highest BCUT2D eigenvalue weighted by Crippen LogP contribution is 2.21. The number of rotatable bonds is 4. The van der Waals surface area contributed by atoms with Crippen LogP contribution in [0.1, 0.15) is 11.1 Å². The van der Waals surface area contributed by atoms with Crippen LogP contribution in [-0.4, -0.2) is 9.55 Å². The van der Waals surface area contributed by atoms with Gasteiger partial charge in [0.15, 0.2) is 0 Å². The minimum Gasteiger partial charge on any atom is -0.472 e. The number of halogens is 3. The molecule has 0 N–H and O–H groups in total. The summed E-state index contributed by atoms with van der Waals surface area (Å²) in [4.78, 5) is 16.7. The van der Waals surface area contributed by atoms with Gasteiger partial charge in [-0.1, -0.05) is 18.2 Å². The number of hydrogen-bond donors (Lipinski definition) is 0. The van der Waals surface area contributed by atoms with Crippen molar-refractivity contribution in [2.75, 3.05) is 0 Å². The second kappa shape index (κ2) is 7.14. The summed E-state index contributed by atoms with van der Waals surface area (Å²) in [7, 11) is 0. The molecular weight excluding hydrogens is 394 g/mol. The lowest BCUT2D eigenvalue weighted by Gasteiger charge is -2.12. The van der Waals surface area contributed by atoms with Gasteiger partial charge in [-0.25, -0.2) is 13.8 Å². The first-order valence-corrected chi connectivity index (χ1v) is 8.16. The van der Waals surface area contributed by atoms with Crippen LogP contribution < -0.4 is 10.3 Å². The van der Waals surface area contributed by atoms with Gasteiger partial charge in [0.2, 0.25) is 5.88 Å². The molecule has 0 saturated heterocycles. The van der Waals surface area contributed by atoms with E-state index in [-0.39, 0.29) is 28.1 Å². The molecule has 0 unspecified atom stereocenters. The zero-order valence-electron chi connectivity index (χ0n) is 13.2. The Hall–Kier alpha value is -2.54. The van der Waals surface area contributed by atoms with Gasteiger partial charge in [0, 0.05) is 11.6 Å². The van der Waals surface area contributed by atoms with E-state index in [0.717, 1.165) is 17.7 Å². The highest BCUT2D eigenvalue weighted by molar-refractivity contribution is 9.10. The highest BCUT2D eigenvalue weighted by atomic mass is 79.9. The largest absolute Gasteiger partial charge is 0.472 e. The van der Waals surface area contributed by atoms with Gasteiger partial charge < -0.3 is 4.74 Å². The molecule has 0 amide bonds. The molecule has 4 nitrogen and oxygen atoms in total. The standard InChI is InChI=1S/C18H13BrF2N2O2/c1-11-4-2-3-5-15(11)23-10-22-17(16(19)18(23)24)25-9-12-6-7-13(20)8-14(12)21/h2-8,10H,9H2,1H3. The van der Waals surface area contributed by atoms with Crippen molar-refractivity contribution in [3.05, 3.63) is 86.4 Å². The van der Waals surface area contributed by atoms with Crippen LogP contribution in [0.2, 0.25) is 0 Å². The molecule has 1 aromatic heterocycles. The van der Waals surface area contributed by atoms with Gasteiger partial charge in [-0.05, 0) is 46.6 Å². The molecule has 0 spiro atoms. The van der Waals surface area contributed by atoms with Crippen LogP contribution in [0.25, 0.3) is 5.69 Å². The number of aromatic nitrogens is 2. The van der Waals surface area contributed by atoms with E-state index in [1.54, 1.807) is 6.07 Å². The first-order valence-electron chi connectivity index (χ1n) is 7.37. The number of aryl methyl sites for hydroxylation is 1. The average molecular weight is 407 g/mol. The van der Waals surface area contributed by atoms with Crippen molar-refractivity contribution in [3.63, 3.8) is 0 Å². The van der Waals surface area contributed by atoms with Crippen LogP contribution in [0.5, 0.6) is 5.88 Å². The molecule has 0 bridgehead atoms. The summed E-state index contributed by atoms with van der Waals surface area (Å²) < 4.78 is 33.5. The van der Waals surface area contributed by atoms with Crippen LogP contribution in [0, 0.1) is 18.6 Å². The molecule has 1 heterocycles. The average Bonchev–Trinajstić information content (AvgIpc) is 2.58. The van der Waals surface area contributed by atoms with Gasteiger partial charge in [0.25, 0.3) is 5.56 Å². The Labute approximate surface area is 150 Å². The molecule has 0 radical (unpaired) electrons. The normalized spacial score (nSPS) is 10.7. The van der Waals surface area contributed by atoms with E-state index >= 15 is 0 Å². The monoisotopic (exact) mass is 406 g/mol. The van der Waals surface area contributed by atoms with Crippen LogP contribution in [0.15, 0.2) is 58.1 Å². The molecular formula is C18H13BrF2N2O2. The van der Waals surface area contributed by atoms with Crippen molar-refractivity contribution in [1.82, 2.24) is 9.55 Å². The van der Waals surface area contributed by atoms with Crippen molar-refractivity contribution in [2.24, 2.45) is 0 Å². The molecule has 0 saturated carbocycles. The predicted octanol–water partition coefficient (Wildman–Crippen LogP) is 4.16. The summed E-state index contributed by atoms with van der Waals surface area (Å²) >= 11 is 3.18. The number of hydrogen-bond acceptors (Lipinski definition) is 3. The smallest absolute Gasteiger partial charge is 0.276 e.